The van der Waals surface area contributed by atoms with Crippen LogP contribution in [0.25, 0.3) is 4.96 Å². The molecule has 0 unspecified atom stereocenters. The Balaban J connectivity index is 1.44. The maximum Gasteiger partial charge on any atom is 0.250 e. The minimum absolute atomic E-state index is 0.111. The van der Waals surface area contributed by atoms with E-state index in [0.29, 0.717) is 25.4 Å². The molecule has 0 saturated heterocycles. The lowest BCUT2D eigenvalue weighted by atomic mass is 10.2. The second kappa shape index (κ2) is 7.97. The molecule has 0 radical (unpaired) electrons. The third-order valence-electron chi connectivity index (χ3n) is 3.71. The van der Waals surface area contributed by atoms with Crippen molar-refractivity contribution in [3.05, 3.63) is 39.3 Å². The second-order valence-corrected chi connectivity index (χ2v) is 7.32. The minimum atomic E-state index is -0.111. The fraction of sp³-hybridized carbons (Fsp3) is 0.353. The molecule has 0 fully saturated rings. The Kier molecular flexibility index (Phi) is 5.70. The first-order valence-electron chi connectivity index (χ1n) is 8.08. The molecule has 0 aliphatic heterocycles. The van der Waals surface area contributed by atoms with Crippen molar-refractivity contribution >= 4 is 44.1 Å². The number of carbonyl (C=O) groups excluding carboxylic acids is 1. The van der Waals surface area contributed by atoms with E-state index in [1.54, 1.807) is 4.52 Å². The SMILES string of the molecule is CCc1ccc(OCCCC(=O)Nc2nc3scc(C)n3n2)c(Br)c1. The molecule has 6 nitrogen and oxygen atoms in total. The molecule has 25 heavy (non-hydrogen) atoms. The van der Waals surface area contributed by atoms with E-state index in [-0.39, 0.29) is 5.91 Å². The second-order valence-electron chi connectivity index (χ2n) is 5.63. The summed E-state index contributed by atoms with van der Waals surface area (Å²) in [5.41, 5.74) is 2.25. The van der Waals surface area contributed by atoms with Crippen molar-refractivity contribution in [1.82, 2.24) is 14.6 Å². The topological polar surface area (TPSA) is 68.5 Å². The number of halogens is 1. The predicted octanol–water partition coefficient (Wildman–Crippen LogP) is 4.22. The first-order chi connectivity index (χ1) is 12.1. The van der Waals surface area contributed by atoms with E-state index in [4.69, 9.17) is 4.74 Å². The maximum absolute atomic E-state index is 12.0. The third-order valence-corrected chi connectivity index (χ3v) is 5.26. The standard InChI is InChI=1S/C17H19BrN4O2S/c1-3-12-6-7-14(13(18)9-12)24-8-4-5-15(23)19-16-20-17-22(21-16)11(2)10-25-17/h6-7,9-10H,3-5,8H2,1-2H3,(H,19,21,23). The Morgan fingerprint density at radius 2 is 2.28 bits per heavy atom. The average Bonchev–Trinajstić information content (AvgIpc) is 3.14. The Bertz CT molecular complexity index is 890. The molecule has 0 spiro atoms. The highest BCUT2D eigenvalue weighted by molar-refractivity contribution is 9.10. The largest absolute Gasteiger partial charge is 0.492 e. The molecule has 1 amide bonds. The molecule has 3 rings (SSSR count). The van der Waals surface area contributed by atoms with Gasteiger partial charge in [0, 0.05) is 11.8 Å². The van der Waals surface area contributed by atoms with Crippen molar-refractivity contribution in [3.63, 3.8) is 0 Å². The van der Waals surface area contributed by atoms with Crippen LogP contribution in [0.3, 0.4) is 0 Å². The first kappa shape index (κ1) is 17.9. The summed E-state index contributed by atoms with van der Waals surface area (Å²) < 4.78 is 8.39. The zero-order valence-electron chi connectivity index (χ0n) is 14.1. The van der Waals surface area contributed by atoms with Gasteiger partial charge in [0.15, 0.2) is 0 Å². The summed E-state index contributed by atoms with van der Waals surface area (Å²) in [6.07, 6.45) is 1.96. The average molecular weight is 423 g/mol. The van der Waals surface area contributed by atoms with Gasteiger partial charge in [0.2, 0.25) is 16.8 Å². The van der Waals surface area contributed by atoms with Crippen LogP contribution in [0.15, 0.2) is 28.1 Å². The number of carbonyl (C=O) groups is 1. The number of hydrogen-bond donors (Lipinski definition) is 1. The zero-order valence-corrected chi connectivity index (χ0v) is 16.5. The molecule has 0 saturated carbocycles. The van der Waals surface area contributed by atoms with Gasteiger partial charge in [0.05, 0.1) is 16.8 Å². The summed E-state index contributed by atoms with van der Waals surface area (Å²) in [5.74, 6) is 1.03. The lowest BCUT2D eigenvalue weighted by Crippen LogP contribution is -2.14. The van der Waals surface area contributed by atoms with Crippen LogP contribution in [0.5, 0.6) is 5.75 Å². The van der Waals surface area contributed by atoms with Gasteiger partial charge in [-0.2, -0.15) is 4.98 Å². The zero-order chi connectivity index (χ0) is 17.8. The lowest BCUT2D eigenvalue weighted by molar-refractivity contribution is -0.116. The highest BCUT2D eigenvalue weighted by atomic mass is 79.9. The summed E-state index contributed by atoms with van der Waals surface area (Å²) in [5, 5.41) is 8.97. The number of anilines is 1. The van der Waals surface area contributed by atoms with Gasteiger partial charge in [0.1, 0.15) is 5.75 Å². The number of rotatable bonds is 7. The van der Waals surface area contributed by atoms with Crippen LogP contribution in [0.2, 0.25) is 0 Å². The van der Waals surface area contributed by atoms with Gasteiger partial charge in [0.25, 0.3) is 0 Å². The molecule has 8 heteroatoms. The number of thiazole rings is 1. The van der Waals surface area contributed by atoms with Gasteiger partial charge in [-0.05, 0) is 53.4 Å². The highest BCUT2D eigenvalue weighted by Crippen LogP contribution is 2.26. The first-order valence-corrected chi connectivity index (χ1v) is 9.76. The summed E-state index contributed by atoms with van der Waals surface area (Å²) in [6, 6.07) is 6.05. The number of fused-ring (bicyclic) bond motifs is 1. The smallest absolute Gasteiger partial charge is 0.250 e. The summed E-state index contributed by atoms with van der Waals surface area (Å²) in [4.78, 5) is 17.0. The van der Waals surface area contributed by atoms with Gasteiger partial charge in [-0.3, -0.25) is 10.1 Å². The molecule has 0 atom stereocenters. The van der Waals surface area contributed by atoms with Crippen molar-refractivity contribution in [2.75, 3.05) is 11.9 Å². The van der Waals surface area contributed by atoms with Gasteiger partial charge >= 0.3 is 0 Å². The number of ether oxygens (including phenoxy) is 1. The molecular formula is C17H19BrN4O2S. The number of nitrogens with one attached hydrogen (secondary N) is 1. The Morgan fingerprint density at radius 1 is 1.44 bits per heavy atom. The molecule has 0 bridgehead atoms. The van der Waals surface area contributed by atoms with Crippen LogP contribution in [0.1, 0.15) is 31.0 Å². The highest BCUT2D eigenvalue weighted by Gasteiger charge is 2.10. The summed E-state index contributed by atoms with van der Waals surface area (Å²) in [7, 11) is 0. The van der Waals surface area contributed by atoms with Crippen molar-refractivity contribution in [2.45, 2.75) is 33.1 Å². The molecule has 1 aromatic carbocycles. The van der Waals surface area contributed by atoms with Gasteiger partial charge in [-0.15, -0.1) is 16.4 Å². The van der Waals surface area contributed by atoms with Crippen molar-refractivity contribution < 1.29 is 9.53 Å². The number of aromatic nitrogens is 3. The van der Waals surface area contributed by atoms with E-state index in [0.717, 1.165) is 27.3 Å². The van der Waals surface area contributed by atoms with Crippen molar-refractivity contribution in [1.29, 1.82) is 0 Å². The molecule has 2 heterocycles. The predicted molar refractivity (Wildman–Crippen MR) is 102 cm³/mol. The van der Waals surface area contributed by atoms with E-state index in [1.807, 2.05) is 24.4 Å². The number of nitrogens with zero attached hydrogens (tertiary/aromatic N) is 3. The van der Waals surface area contributed by atoms with Crippen LogP contribution in [-0.2, 0) is 11.2 Å². The molecular weight excluding hydrogens is 404 g/mol. The maximum atomic E-state index is 12.0. The van der Waals surface area contributed by atoms with Crippen LogP contribution in [-0.4, -0.2) is 27.1 Å². The van der Waals surface area contributed by atoms with Crippen LogP contribution in [0.4, 0.5) is 5.95 Å². The summed E-state index contributed by atoms with van der Waals surface area (Å²) >= 11 is 5.01. The number of aryl methyl sites for hydroxylation is 2. The van der Waals surface area contributed by atoms with E-state index in [1.165, 1.54) is 16.9 Å². The Hall–Kier alpha value is -1.93. The van der Waals surface area contributed by atoms with Crippen LogP contribution in [0, 0.1) is 6.92 Å². The fourth-order valence-corrected chi connectivity index (χ4v) is 3.67. The van der Waals surface area contributed by atoms with Gasteiger partial charge in [-0.1, -0.05) is 13.0 Å². The molecule has 2 aromatic heterocycles. The molecule has 0 aliphatic rings. The quantitative estimate of drug-likeness (QED) is 0.578. The van der Waals surface area contributed by atoms with E-state index in [2.05, 4.69) is 44.3 Å². The Morgan fingerprint density at radius 3 is 3.00 bits per heavy atom. The van der Waals surface area contributed by atoms with Gasteiger partial charge in [-0.25, -0.2) is 4.52 Å². The number of hydrogen-bond acceptors (Lipinski definition) is 5. The van der Waals surface area contributed by atoms with Crippen molar-refractivity contribution in [2.24, 2.45) is 0 Å². The molecule has 0 aliphatic carbocycles. The molecule has 3 aromatic rings. The monoisotopic (exact) mass is 422 g/mol. The summed E-state index contributed by atoms with van der Waals surface area (Å²) in [6.45, 7) is 4.54. The molecule has 1 N–H and O–H groups in total. The minimum Gasteiger partial charge on any atom is -0.492 e. The number of benzene rings is 1. The van der Waals surface area contributed by atoms with E-state index >= 15 is 0 Å². The fourth-order valence-electron chi connectivity index (χ4n) is 2.33. The normalized spacial score (nSPS) is 11.0. The number of amides is 1. The molecule has 132 valence electrons. The van der Waals surface area contributed by atoms with Crippen LogP contribution < -0.4 is 10.1 Å². The lowest BCUT2D eigenvalue weighted by Gasteiger charge is -2.09. The van der Waals surface area contributed by atoms with Gasteiger partial charge < -0.3 is 4.74 Å². The Labute approximate surface area is 158 Å². The van der Waals surface area contributed by atoms with E-state index in [9.17, 15) is 4.79 Å². The third kappa shape index (κ3) is 4.38. The van der Waals surface area contributed by atoms with Crippen LogP contribution >= 0.6 is 27.3 Å². The van der Waals surface area contributed by atoms with Crippen molar-refractivity contribution in [3.8, 4) is 5.75 Å². The van der Waals surface area contributed by atoms with E-state index < -0.39 is 0 Å².